The van der Waals surface area contributed by atoms with Crippen molar-refractivity contribution in [3.8, 4) is 0 Å². The van der Waals surface area contributed by atoms with Crippen molar-refractivity contribution in [2.75, 3.05) is 6.54 Å². The zero-order valence-electron chi connectivity index (χ0n) is 10.1. The van der Waals surface area contributed by atoms with Crippen LogP contribution in [-0.4, -0.2) is 36.4 Å². The molecule has 1 N–H and O–H groups in total. The van der Waals surface area contributed by atoms with E-state index in [0.717, 1.165) is 28.6 Å². The lowest BCUT2D eigenvalue weighted by Crippen LogP contribution is -2.47. The second-order valence-electron chi connectivity index (χ2n) is 4.42. The molecule has 5 nitrogen and oxygen atoms in total. The molecular weight excluding hydrogens is 273 g/mol. The molecule has 0 bridgehead atoms. The second kappa shape index (κ2) is 5.26. The maximum atomic E-state index is 12.8. The molecule has 0 aliphatic carbocycles. The number of carbonyl (C=O) groups is 1. The van der Waals surface area contributed by atoms with Gasteiger partial charge in [0, 0.05) is 6.54 Å². The molecule has 0 spiro atoms. The first kappa shape index (κ1) is 14.0. The molecule has 0 amide bonds. The normalized spacial score (nSPS) is 21.2. The zero-order chi connectivity index (χ0) is 14.0. The summed E-state index contributed by atoms with van der Waals surface area (Å²) >= 11 is 0. The standard InChI is InChI=1S/C12H14FNO4S/c13-9-4-6-10(7-5-9)19(17,18)14-8-2-1-3-11(14)12(15)16/h4-7,11H,1-3,8H2,(H,15,16)/t11-/m1/s1. The highest BCUT2D eigenvalue weighted by molar-refractivity contribution is 7.89. The number of rotatable bonds is 3. The van der Waals surface area contributed by atoms with Gasteiger partial charge in [0.05, 0.1) is 4.90 Å². The molecule has 0 saturated carbocycles. The molecule has 1 aliphatic heterocycles. The molecule has 7 heteroatoms. The molecule has 0 radical (unpaired) electrons. The largest absolute Gasteiger partial charge is 0.480 e. The summed E-state index contributed by atoms with van der Waals surface area (Å²) in [6.07, 6.45) is 1.62. The lowest BCUT2D eigenvalue weighted by molar-refractivity contribution is -0.142. The van der Waals surface area contributed by atoms with Crippen molar-refractivity contribution >= 4 is 16.0 Å². The summed E-state index contributed by atoms with van der Waals surface area (Å²) in [6, 6.07) is 3.36. The van der Waals surface area contributed by atoms with Crippen LogP contribution in [0.5, 0.6) is 0 Å². The maximum absolute atomic E-state index is 12.8. The number of sulfonamides is 1. The molecule has 2 rings (SSSR count). The van der Waals surface area contributed by atoms with E-state index >= 15 is 0 Å². The molecule has 1 aromatic rings. The van der Waals surface area contributed by atoms with Crippen LogP contribution in [0.1, 0.15) is 19.3 Å². The Kier molecular flexibility index (Phi) is 3.86. The van der Waals surface area contributed by atoms with Crippen molar-refractivity contribution in [1.82, 2.24) is 4.31 Å². The number of benzene rings is 1. The molecule has 1 heterocycles. The SMILES string of the molecule is O=C(O)[C@H]1CCCCN1S(=O)(=O)c1ccc(F)cc1. The third-order valence-electron chi connectivity index (χ3n) is 3.16. The first-order valence-corrected chi connectivity index (χ1v) is 7.37. The number of carboxylic acids is 1. The minimum atomic E-state index is -3.89. The topological polar surface area (TPSA) is 74.7 Å². The Morgan fingerprint density at radius 2 is 1.89 bits per heavy atom. The Morgan fingerprint density at radius 3 is 2.47 bits per heavy atom. The molecule has 1 aromatic carbocycles. The van der Waals surface area contributed by atoms with Gasteiger partial charge >= 0.3 is 5.97 Å². The van der Waals surface area contributed by atoms with Gasteiger partial charge in [-0.05, 0) is 43.5 Å². The minimum absolute atomic E-state index is 0.0814. The molecule has 0 aromatic heterocycles. The van der Waals surface area contributed by atoms with Crippen LogP contribution < -0.4 is 0 Å². The van der Waals surface area contributed by atoms with E-state index in [0.29, 0.717) is 19.3 Å². The highest BCUT2D eigenvalue weighted by Crippen LogP contribution is 2.25. The Bertz CT molecular complexity index is 570. The third kappa shape index (κ3) is 2.76. The van der Waals surface area contributed by atoms with Gasteiger partial charge in [-0.3, -0.25) is 4.79 Å². The summed E-state index contributed by atoms with van der Waals surface area (Å²) in [6.45, 7) is 0.177. The minimum Gasteiger partial charge on any atom is -0.480 e. The van der Waals surface area contributed by atoms with Crippen molar-refractivity contribution in [3.63, 3.8) is 0 Å². The Labute approximate surface area is 110 Å². The van der Waals surface area contributed by atoms with E-state index in [2.05, 4.69) is 0 Å². The van der Waals surface area contributed by atoms with Crippen LogP contribution in [0.3, 0.4) is 0 Å². The fourth-order valence-corrected chi connectivity index (χ4v) is 3.83. The van der Waals surface area contributed by atoms with E-state index < -0.39 is 27.9 Å². The van der Waals surface area contributed by atoms with E-state index in [1.807, 2.05) is 0 Å². The number of aliphatic carboxylic acids is 1. The molecule has 1 fully saturated rings. The lowest BCUT2D eigenvalue weighted by atomic mass is 10.1. The van der Waals surface area contributed by atoms with Gasteiger partial charge in [0.25, 0.3) is 0 Å². The van der Waals surface area contributed by atoms with Crippen molar-refractivity contribution in [3.05, 3.63) is 30.1 Å². The summed E-state index contributed by atoms with van der Waals surface area (Å²) in [5.41, 5.74) is 0. The van der Waals surface area contributed by atoms with Crippen molar-refractivity contribution in [2.24, 2.45) is 0 Å². The van der Waals surface area contributed by atoms with Crippen LogP contribution in [0.4, 0.5) is 4.39 Å². The number of halogens is 1. The van der Waals surface area contributed by atoms with Gasteiger partial charge < -0.3 is 5.11 Å². The maximum Gasteiger partial charge on any atom is 0.322 e. The van der Waals surface area contributed by atoms with E-state index in [1.165, 1.54) is 0 Å². The van der Waals surface area contributed by atoms with E-state index in [4.69, 9.17) is 5.11 Å². The van der Waals surface area contributed by atoms with E-state index in [-0.39, 0.29) is 11.4 Å². The second-order valence-corrected chi connectivity index (χ2v) is 6.31. The molecule has 1 atom stereocenters. The Hall–Kier alpha value is -1.47. The van der Waals surface area contributed by atoms with Crippen LogP contribution >= 0.6 is 0 Å². The molecule has 104 valence electrons. The van der Waals surface area contributed by atoms with Crippen molar-refractivity contribution in [2.45, 2.75) is 30.2 Å². The van der Waals surface area contributed by atoms with Crippen LogP contribution in [0.2, 0.25) is 0 Å². The van der Waals surface area contributed by atoms with E-state index in [9.17, 15) is 17.6 Å². The number of piperidine rings is 1. The van der Waals surface area contributed by atoms with Crippen LogP contribution in [-0.2, 0) is 14.8 Å². The predicted octanol–water partition coefficient (Wildman–Crippen LogP) is 1.45. The molecule has 1 aliphatic rings. The number of nitrogens with zero attached hydrogens (tertiary/aromatic N) is 1. The first-order valence-electron chi connectivity index (χ1n) is 5.93. The average Bonchev–Trinajstić information content (AvgIpc) is 2.39. The van der Waals surface area contributed by atoms with Crippen molar-refractivity contribution < 1.29 is 22.7 Å². The molecule has 1 saturated heterocycles. The highest BCUT2D eigenvalue weighted by Gasteiger charge is 2.37. The Morgan fingerprint density at radius 1 is 1.26 bits per heavy atom. The highest BCUT2D eigenvalue weighted by atomic mass is 32.2. The monoisotopic (exact) mass is 287 g/mol. The van der Waals surface area contributed by atoms with Gasteiger partial charge in [-0.15, -0.1) is 0 Å². The quantitative estimate of drug-likeness (QED) is 0.913. The van der Waals surface area contributed by atoms with Gasteiger partial charge in [-0.1, -0.05) is 0 Å². The summed E-state index contributed by atoms with van der Waals surface area (Å²) in [7, 11) is -3.89. The van der Waals surface area contributed by atoms with Gasteiger partial charge in [0.1, 0.15) is 11.9 Å². The fraction of sp³-hybridized carbons (Fsp3) is 0.417. The number of carboxylic acid groups (broad SMARTS) is 1. The molecular formula is C12H14FNO4S. The van der Waals surface area contributed by atoms with Gasteiger partial charge in [0.2, 0.25) is 10.0 Å². The van der Waals surface area contributed by atoms with Crippen LogP contribution in [0.25, 0.3) is 0 Å². The van der Waals surface area contributed by atoms with Gasteiger partial charge in [0.15, 0.2) is 0 Å². The smallest absolute Gasteiger partial charge is 0.322 e. The summed E-state index contributed by atoms with van der Waals surface area (Å²) in [4.78, 5) is 11.0. The Balaban J connectivity index is 2.37. The van der Waals surface area contributed by atoms with Gasteiger partial charge in [-0.25, -0.2) is 12.8 Å². The molecule has 0 unspecified atom stereocenters. The summed E-state index contributed by atoms with van der Waals surface area (Å²) < 4.78 is 38.5. The zero-order valence-corrected chi connectivity index (χ0v) is 10.9. The third-order valence-corrected chi connectivity index (χ3v) is 5.08. The summed E-state index contributed by atoms with van der Waals surface area (Å²) in [5, 5.41) is 9.10. The first-order chi connectivity index (χ1) is 8.93. The number of hydrogen-bond acceptors (Lipinski definition) is 3. The fourth-order valence-electron chi connectivity index (χ4n) is 2.18. The van der Waals surface area contributed by atoms with Gasteiger partial charge in [-0.2, -0.15) is 4.31 Å². The van der Waals surface area contributed by atoms with Crippen LogP contribution in [0, 0.1) is 5.82 Å². The molecule has 19 heavy (non-hydrogen) atoms. The predicted molar refractivity (Wildman–Crippen MR) is 65.6 cm³/mol. The summed E-state index contributed by atoms with van der Waals surface area (Å²) in [5.74, 6) is -1.68. The van der Waals surface area contributed by atoms with Crippen LogP contribution in [0.15, 0.2) is 29.2 Å². The van der Waals surface area contributed by atoms with Crippen molar-refractivity contribution in [1.29, 1.82) is 0 Å². The lowest BCUT2D eigenvalue weighted by Gasteiger charge is -2.31. The number of hydrogen-bond donors (Lipinski definition) is 1. The average molecular weight is 287 g/mol. The van der Waals surface area contributed by atoms with E-state index in [1.54, 1.807) is 0 Å².